The Morgan fingerprint density at radius 3 is 2.58 bits per heavy atom. The van der Waals surface area contributed by atoms with Gasteiger partial charge in [0.25, 0.3) is 0 Å². The molecular formula is C24H32ClN3O3. The highest BCUT2D eigenvalue weighted by molar-refractivity contribution is 6.30. The monoisotopic (exact) mass is 445 g/mol. The summed E-state index contributed by atoms with van der Waals surface area (Å²) in [5.41, 5.74) is 1.29. The quantitative estimate of drug-likeness (QED) is 0.627. The van der Waals surface area contributed by atoms with E-state index in [4.69, 9.17) is 16.0 Å². The molecule has 1 aromatic carbocycles. The van der Waals surface area contributed by atoms with E-state index in [1.165, 1.54) is 11.8 Å². The number of hydrogen-bond donors (Lipinski definition) is 2. The van der Waals surface area contributed by atoms with E-state index >= 15 is 0 Å². The number of carbonyl (C=O) groups is 2. The highest BCUT2D eigenvalue weighted by atomic mass is 35.5. The predicted molar refractivity (Wildman–Crippen MR) is 123 cm³/mol. The Bertz CT molecular complexity index is 874. The summed E-state index contributed by atoms with van der Waals surface area (Å²) in [5.74, 6) is -0.312. The van der Waals surface area contributed by atoms with E-state index in [2.05, 4.69) is 35.7 Å². The van der Waals surface area contributed by atoms with Crippen molar-refractivity contribution in [2.75, 3.05) is 19.4 Å². The molecule has 1 unspecified atom stereocenters. The summed E-state index contributed by atoms with van der Waals surface area (Å²) in [7, 11) is 4.26. The van der Waals surface area contributed by atoms with E-state index in [0.717, 1.165) is 37.1 Å². The van der Waals surface area contributed by atoms with Crippen molar-refractivity contribution < 1.29 is 14.0 Å². The largest absolute Gasteiger partial charge is 0.449 e. The van der Waals surface area contributed by atoms with Gasteiger partial charge in [0, 0.05) is 35.0 Å². The Kier molecular flexibility index (Phi) is 7.79. The number of nitrogens with one attached hydrogen (secondary N) is 2. The maximum absolute atomic E-state index is 12.6. The van der Waals surface area contributed by atoms with Crippen LogP contribution in [0, 0.1) is 5.92 Å². The van der Waals surface area contributed by atoms with Crippen LogP contribution in [-0.4, -0.2) is 42.4 Å². The first-order valence-electron chi connectivity index (χ1n) is 10.8. The number of anilines is 1. The number of rotatable bonds is 8. The number of likely N-dealkylation sites (N-methyl/N-ethyl adjacent to an activating group) is 1. The Balaban J connectivity index is 1.50. The zero-order chi connectivity index (χ0) is 22.4. The number of furan rings is 1. The average molecular weight is 446 g/mol. The third kappa shape index (κ3) is 6.34. The van der Waals surface area contributed by atoms with Crippen LogP contribution in [0.15, 0.2) is 47.1 Å². The molecule has 31 heavy (non-hydrogen) atoms. The second-order valence-corrected chi connectivity index (χ2v) is 9.28. The Morgan fingerprint density at radius 1 is 1.23 bits per heavy atom. The van der Waals surface area contributed by atoms with Crippen molar-refractivity contribution in [1.29, 1.82) is 0 Å². The summed E-state index contributed by atoms with van der Waals surface area (Å²) in [6.07, 6.45) is 6.36. The predicted octanol–water partition coefficient (Wildman–Crippen LogP) is 4.50. The normalized spacial score (nSPS) is 22.2. The minimum atomic E-state index is -0.401. The molecule has 1 saturated carbocycles. The summed E-state index contributed by atoms with van der Waals surface area (Å²) in [6.45, 7) is 1.78. The van der Waals surface area contributed by atoms with Crippen LogP contribution in [0.2, 0.25) is 5.02 Å². The topological polar surface area (TPSA) is 74.6 Å². The van der Waals surface area contributed by atoms with Gasteiger partial charge in [0.05, 0.1) is 6.26 Å². The lowest BCUT2D eigenvalue weighted by molar-refractivity contribution is -0.129. The number of nitrogens with zero attached hydrogens (tertiary/aromatic N) is 1. The van der Waals surface area contributed by atoms with E-state index in [0.29, 0.717) is 5.88 Å². The summed E-state index contributed by atoms with van der Waals surface area (Å²) < 4.78 is 5.11. The molecular weight excluding hydrogens is 414 g/mol. The molecule has 1 atom stereocenters. The fraction of sp³-hybridized carbons (Fsp3) is 0.500. The lowest BCUT2D eigenvalue weighted by Crippen LogP contribution is -2.52. The molecule has 1 aliphatic rings. The summed E-state index contributed by atoms with van der Waals surface area (Å²) >= 11 is 6.18. The number of hydrogen-bond acceptors (Lipinski definition) is 4. The summed E-state index contributed by atoms with van der Waals surface area (Å²) in [4.78, 5) is 27.1. The lowest BCUT2D eigenvalue weighted by Gasteiger charge is -2.45. The van der Waals surface area contributed by atoms with Gasteiger partial charge in [-0.3, -0.25) is 14.9 Å². The number of benzene rings is 1. The molecule has 3 rings (SSSR count). The highest BCUT2D eigenvalue weighted by Crippen LogP contribution is 2.36. The van der Waals surface area contributed by atoms with Gasteiger partial charge in [-0.1, -0.05) is 30.7 Å². The maximum atomic E-state index is 12.6. The smallest absolute Gasteiger partial charge is 0.227 e. The van der Waals surface area contributed by atoms with Crippen molar-refractivity contribution in [1.82, 2.24) is 10.2 Å². The summed E-state index contributed by atoms with van der Waals surface area (Å²) in [6, 6.07) is 11.6. The van der Waals surface area contributed by atoms with Crippen molar-refractivity contribution in [2.24, 2.45) is 5.92 Å². The molecule has 1 heterocycles. The Morgan fingerprint density at radius 2 is 1.97 bits per heavy atom. The molecule has 0 radical (unpaired) electrons. The second-order valence-electron chi connectivity index (χ2n) is 8.84. The van der Waals surface area contributed by atoms with Gasteiger partial charge in [-0.15, -0.1) is 0 Å². The van der Waals surface area contributed by atoms with Gasteiger partial charge in [0.1, 0.15) is 0 Å². The van der Waals surface area contributed by atoms with Gasteiger partial charge in [-0.25, -0.2) is 0 Å². The van der Waals surface area contributed by atoms with Crippen molar-refractivity contribution in [3.8, 4) is 0 Å². The molecule has 2 aromatic rings. The van der Waals surface area contributed by atoms with Crippen LogP contribution in [0.25, 0.3) is 0 Å². The van der Waals surface area contributed by atoms with Crippen molar-refractivity contribution >= 4 is 29.3 Å². The fourth-order valence-corrected chi connectivity index (χ4v) is 4.57. The average Bonchev–Trinajstić information content (AvgIpc) is 3.22. The highest BCUT2D eigenvalue weighted by Gasteiger charge is 2.38. The van der Waals surface area contributed by atoms with Crippen LogP contribution in [0.3, 0.4) is 0 Å². The molecule has 0 saturated heterocycles. The molecule has 0 spiro atoms. The van der Waals surface area contributed by atoms with Gasteiger partial charge in [-0.2, -0.15) is 0 Å². The molecule has 0 aliphatic heterocycles. The first-order chi connectivity index (χ1) is 14.8. The van der Waals surface area contributed by atoms with Crippen LogP contribution in [-0.2, 0) is 16.0 Å². The Labute approximate surface area is 189 Å². The lowest BCUT2D eigenvalue weighted by atomic mass is 9.74. The first kappa shape index (κ1) is 23.4. The van der Waals surface area contributed by atoms with Crippen LogP contribution in [0.5, 0.6) is 0 Å². The van der Waals surface area contributed by atoms with E-state index in [1.54, 1.807) is 19.1 Å². The summed E-state index contributed by atoms with van der Waals surface area (Å²) in [5, 5.41) is 6.57. The van der Waals surface area contributed by atoms with Gasteiger partial charge in [0.2, 0.25) is 11.8 Å². The SMILES string of the molecule is CC(CC(=O)Nc1ccco1)C(=O)NC1CCC(Cc2cccc(Cl)c2)(N(C)C)CC1. The van der Waals surface area contributed by atoms with Crippen LogP contribution < -0.4 is 10.6 Å². The minimum Gasteiger partial charge on any atom is -0.449 e. The number of carbonyl (C=O) groups excluding carboxylic acids is 2. The standard InChI is InChI=1S/C24H32ClN3O3/c1-17(14-21(29)27-22-8-5-13-31-22)23(30)26-20-9-11-24(12-10-20,28(2)3)16-18-6-4-7-19(25)15-18/h4-8,13,15,17,20H,9-12,14,16H2,1-3H3,(H,26,30)(H,27,29). The van der Waals surface area contributed by atoms with E-state index in [1.807, 2.05) is 18.2 Å². The van der Waals surface area contributed by atoms with Crippen LogP contribution in [0.4, 0.5) is 5.88 Å². The van der Waals surface area contributed by atoms with E-state index in [9.17, 15) is 9.59 Å². The van der Waals surface area contributed by atoms with E-state index in [-0.39, 0.29) is 29.8 Å². The molecule has 0 bridgehead atoms. The van der Waals surface area contributed by atoms with Crippen molar-refractivity contribution in [3.05, 3.63) is 53.2 Å². The molecule has 2 N–H and O–H groups in total. The number of amides is 2. The zero-order valence-corrected chi connectivity index (χ0v) is 19.2. The Hall–Kier alpha value is -2.31. The van der Waals surface area contributed by atoms with Gasteiger partial charge in [0.15, 0.2) is 5.88 Å². The molecule has 168 valence electrons. The van der Waals surface area contributed by atoms with Gasteiger partial charge >= 0.3 is 0 Å². The third-order valence-electron chi connectivity index (χ3n) is 6.36. The maximum Gasteiger partial charge on any atom is 0.227 e. The molecule has 1 fully saturated rings. The van der Waals surface area contributed by atoms with E-state index < -0.39 is 5.92 Å². The van der Waals surface area contributed by atoms with Crippen LogP contribution in [0.1, 0.15) is 44.6 Å². The van der Waals surface area contributed by atoms with Gasteiger partial charge < -0.3 is 14.6 Å². The second kappa shape index (κ2) is 10.3. The molecule has 1 aromatic heterocycles. The minimum absolute atomic E-state index is 0.0560. The zero-order valence-electron chi connectivity index (χ0n) is 18.5. The number of halogens is 1. The molecule has 6 nitrogen and oxygen atoms in total. The first-order valence-corrected chi connectivity index (χ1v) is 11.2. The molecule has 7 heteroatoms. The van der Waals surface area contributed by atoms with Crippen molar-refractivity contribution in [3.63, 3.8) is 0 Å². The molecule has 1 aliphatic carbocycles. The molecule has 2 amide bonds. The van der Waals surface area contributed by atoms with Gasteiger partial charge in [-0.05, 0) is 70.0 Å². The fourth-order valence-electron chi connectivity index (χ4n) is 4.36. The van der Waals surface area contributed by atoms with Crippen molar-refractivity contribution in [2.45, 2.75) is 57.0 Å². The third-order valence-corrected chi connectivity index (χ3v) is 6.59. The van der Waals surface area contributed by atoms with Crippen LogP contribution >= 0.6 is 11.6 Å².